The zero-order valence-electron chi connectivity index (χ0n) is 9.77. The second-order valence-electron chi connectivity index (χ2n) is 3.68. The maximum Gasteiger partial charge on any atom is 0.266 e. The Morgan fingerprint density at radius 3 is 2.94 bits per heavy atom. The molecule has 0 aromatic rings. The molecule has 3 nitrogen and oxygen atoms in total. The van der Waals surface area contributed by atoms with E-state index in [1.165, 1.54) is 23.5 Å². The van der Waals surface area contributed by atoms with Gasteiger partial charge in [0, 0.05) is 11.5 Å². The number of sulfonamides is 1. The molecule has 0 bridgehead atoms. The van der Waals surface area contributed by atoms with Gasteiger partial charge in [-0.25, -0.2) is 8.42 Å². The molecule has 104 valence electrons. The summed E-state index contributed by atoms with van der Waals surface area (Å²) in [5, 5.41) is 0. The van der Waals surface area contributed by atoms with Crippen molar-refractivity contribution < 1.29 is 17.2 Å². The van der Waals surface area contributed by atoms with Crippen LogP contribution in [0.2, 0.25) is 0 Å². The van der Waals surface area contributed by atoms with Crippen LogP contribution in [-0.4, -0.2) is 30.1 Å². The first kappa shape index (κ1) is 16.0. The first-order chi connectivity index (χ1) is 8.49. The van der Waals surface area contributed by atoms with Crippen LogP contribution in [0.15, 0.2) is 16.6 Å². The fourth-order valence-corrected chi connectivity index (χ4v) is 5.20. The van der Waals surface area contributed by atoms with Gasteiger partial charge in [0.25, 0.3) is 16.1 Å². The van der Waals surface area contributed by atoms with Crippen LogP contribution in [0, 0.1) is 0 Å². The predicted molar refractivity (Wildman–Crippen MR) is 74.9 cm³/mol. The predicted octanol–water partition coefficient (Wildman–Crippen LogP) is 3.49. The van der Waals surface area contributed by atoms with Crippen molar-refractivity contribution in [2.75, 3.05) is 17.3 Å². The summed E-state index contributed by atoms with van der Waals surface area (Å²) < 4.78 is 50.6. The van der Waals surface area contributed by atoms with Gasteiger partial charge in [-0.1, -0.05) is 23.5 Å². The summed E-state index contributed by atoms with van der Waals surface area (Å²) in [7, 11) is -3.29. The number of unbranched alkanes of at least 4 members (excludes halogenated alkanes) is 2. The summed E-state index contributed by atoms with van der Waals surface area (Å²) >= 11 is 2.85. The average molecular weight is 315 g/mol. The van der Waals surface area contributed by atoms with E-state index in [2.05, 4.69) is 4.40 Å². The minimum absolute atomic E-state index is 0.116. The van der Waals surface area contributed by atoms with Crippen LogP contribution >= 0.6 is 23.5 Å². The van der Waals surface area contributed by atoms with Crippen molar-refractivity contribution in [3.8, 4) is 0 Å². The van der Waals surface area contributed by atoms with Crippen molar-refractivity contribution in [1.82, 2.24) is 0 Å². The molecule has 1 heterocycles. The van der Waals surface area contributed by atoms with E-state index in [0.717, 1.165) is 18.2 Å². The van der Waals surface area contributed by atoms with E-state index in [1.807, 2.05) is 0 Å². The molecule has 0 amide bonds. The number of thioether (sulfide) groups is 2. The van der Waals surface area contributed by atoms with Gasteiger partial charge in [0.2, 0.25) is 0 Å². The molecule has 0 saturated heterocycles. The van der Waals surface area contributed by atoms with E-state index in [-0.39, 0.29) is 5.75 Å². The van der Waals surface area contributed by atoms with Crippen LogP contribution in [0.1, 0.15) is 25.7 Å². The Bertz CT molecular complexity index is 417. The number of nitrogens with zero attached hydrogens (tertiary/aromatic N) is 1. The van der Waals surface area contributed by atoms with Gasteiger partial charge in [0.05, 0.1) is 5.75 Å². The van der Waals surface area contributed by atoms with E-state index in [0.29, 0.717) is 29.4 Å². The van der Waals surface area contributed by atoms with E-state index >= 15 is 0 Å². The summed E-state index contributed by atoms with van der Waals surface area (Å²) in [6.45, 7) is 0. The number of rotatable bonds is 5. The van der Waals surface area contributed by atoms with Crippen LogP contribution in [0.5, 0.6) is 0 Å². The van der Waals surface area contributed by atoms with E-state index < -0.39 is 16.1 Å². The molecule has 1 aliphatic heterocycles. The van der Waals surface area contributed by atoms with Gasteiger partial charge in [-0.2, -0.15) is 8.78 Å². The minimum Gasteiger partial charge on any atom is -0.205 e. The largest absolute Gasteiger partial charge is 0.266 e. The SMILES string of the molecule is O=S1(=O)CCCSC(SCCCCC=C(F)F)=N1. The second kappa shape index (κ2) is 8.16. The van der Waals surface area contributed by atoms with Crippen LogP contribution in [-0.2, 0) is 10.0 Å². The molecule has 0 atom stereocenters. The summed E-state index contributed by atoms with van der Waals surface area (Å²) in [6, 6.07) is 0. The van der Waals surface area contributed by atoms with Crippen LogP contribution in [0.3, 0.4) is 0 Å². The Hall–Kier alpha value is -0.0800. The molecule has 0 aromatic carbocycles. The highest BCUT2D eigenvalue weighted by Crippen LogP contribution is 2.24. The molecule has 0 aliphatic carbocycles. The zero-order chi connectivity index (χ0) is 13.4. The fraction of sp³-hybridized carbons (Fsp3) is 0.700. The molecular formula is C10H15F2NO2S3. The van der Waals surface area contributed by atoms with Crippen molar-refractivity contribution in [1.29, 1.82) is 0 Å². The summed E-state index contributed by atoms with van der Waals surface area (Å²) in [5.74, 6) is 1.59. The number of hydrogen-bond donors (Lipinski definition) is 0. The van der Waals surface area contributed by atoms with Crippen molar-refractivity contribution in [3.63, 3.8) is 0 Å². The highest BCUT2D eigenvalue weighted by molar-refractivity contribution is 8.39. The van der Waals surface area contributed by atoms with Gasteiger partial charge in [-0.05, 0) is 31.8 Å². The van der Waals surface area contributed by atoms with E-state index in [9.17, 15) is 17.2 Å². The Kier molecular flexibility index (Phi) is 7.25. The maximum atomic E-state index is 11.7. The van der Waals surface area contributed by atoms with Crippen molar-refractivity contribution in [2.45, 2.75) is 25.7 Å². The monoisotopic (exact) mass is 315 g/mol. The lowest BCUT2D eigenvalue weighted by atomic mass is 10.2. The molecule has 0 N–H and O–H groups in total. The first-order valence-corrected chi connectivity index (χ1v) is 9.17. The minimum atomic E-state index is -3.29. The van der Waals surface area contributed by atoms with Crippen LogP contribution in [0.25, 0.3) is 0 Å². The van der Waals surface area contributed by atoms with Crippen molar-refractivity contribution in [3.05, 3.63) is 12.2 Å². The first-order valence-electron chi connectivity index (χ1n) is 5.59. The molecule has 1 aliphatic rings. The Morgan fingerprint density at radius 1 is 1.44 bits per heavy atom. The van der Waals surface area contributed by atoms with Gasteiger partial charge in [0.1, 0.15) is 4.38 Å². The third kappa shape index (κ3) is 7.38. The second-order valence-corrected chi connectivity index (χ2v) is 7.86. The van der Waals surface area contributed by atoms with Gasteiger partial charge < -0.3 is 0 Å². The summed E-state index contributed by atoms with van der Waals surface area (Å²) in [6.07, 6.45) is 1.70. The topological polar surface area (TPSA) is 46.5 Å². The molecule has 0 aromatic heterocycles. The molecule has 1 rings (SSSR count). The Labute approximate surface area is 115 Å². The highest BCUT2D eigenvalue weighted by atomic mass is 32.2. The maximum absolute atomic E-state index is 11.7. The van der Waals surface area contributed by atoms with Gasteiger partial charge in [-0.15, -0.1) is 4.40 Å². The lowest BCUT2D eigenvalue weighted by molar-refractivity contribution is 0.417. The third-order valence-corrected chi connectivity index (χ3v) is 5.97. The van der Waals surface area contributed by atoms with Gasteiger partial charge in [-0.3, -0.25) is 0 Å². The van der Waals surface area contributed by atoms with Crippen molar-refractivity contribution >= 4 is 37.9 Å². The average Bonchev–Trinajstić information content (AvgIpc) is 2.44. The van der Waals surface area contributed by atoms with Gasteiger partial charge >= 0.3 is 0 Å². The molecule has 0 radical (unpaired) electrons. The molecule has 0 fully saturated rings. The molecule has 0 unspecified atom stereocenters. The van der Waals surface area contributed by atoms with Crippen LogP contribution < -0.4 is 0 Å². The van der Waals surface area contributed by atoms with E-state index in [4.69, 9.17) is 0 Å². The number of allylic oxidation sites excluding steroid dienone is 1. The number of halogens is 2. The lowest BCUT2D eigenvalue weighted by Gasteiger charge is -2.01. The summed E-state index contributed by atoms with van der Waals surface area (Å²) in [5.41, 5.74) is 0. The van der Waals surface area contributed by atoms with Crippen molar-refractivity contribution in [2.24, 2.45) is 4.40 Å². The van der Waals surface area contributed by atoms with Gasteiger partial charge in [0.15, 0.2) is 0 Å². The van der Waals surface area contributed by atoms with Crippen LogP contribution in [0.4, 0.5) is 8.78 Å². The molecule has 0 saturated carbocycles. The van der Waals surface area contributed by atoms with E-state index in [1.54, 1.807) is 0 Å². The highest BCUT2D eigenvalue weighted by Gasteiger charge is 2.15. The quantitative estimate of drug-likeness (QED) is 0.729. The normalized spacial score (nSPS) is 18.9. The smallest absolute Gasteiger partial charge is 0.205 e. The molecular weight excluding hydrogens is 300 g/mol. The molecule has 8 heteroatoms. The lowest BCUT2D eigenvalue weighted by Crippen LogP contribution is -2.01. The summed E-state index contributed by atoms with van der Waals surface area (Å²) in [4.78, 5) is 0. The Balaban J connectivity index is 2.26. The zero-order valence-corrected chi connectivity index (χ0v) is 12.2. The standard InChI is InChI=1S/C10H15F2NO2S3/c11-9(12)5-2-1-3-6-16-10-13-18(14,15)8-4-7-17-10/h5H,1-4,6-8H2. The Morgan fingerprint density at radius 2 is 2.22 bits per heavy atom. The number of hydrogen-bond acceptors (Lipinski definition) is 4. The molecule has 18 heavy (non-hydrogen) atoms. The fourth-order valence-electron chi connectivity index (χ4n) is 1.27. The molecule has 0 spiro atoms. The third-order valence-electron chi connectivity index (χ3n) is 2.11.